The third kappa shape index (κ3) is 2.80. The van der Waals surface area contributed by atoms with Gasteiger partial charge in [-0.15, -0.1) is 11.3 Å². The van der Waals surface area contributed by atoms with Crippen LogP contribution >= 0.6 is 22.9 Å². The van der Waals surface area contributed by atoms with Gasteiger partial charge in [0.05, 0.1) is 5.02 Å². The average molecular weight is 283 g/mol. The number of nitrogens with two attached hydrogens (primary N) is 1. The number of nitrogen functional groups attached to an aromatic ring is 1. The maximum absolute atomic E-state index is 11.9. The Balaban J connectivity index is 2.08. The van der Waals surface area contributed by atoms with E-state index in [1.54, 1.807) is 18.2 Å². The minimum absolute atomic E-state index is 0.127. The van der Waals surface area contributed by atoms with E-state index < -0.39 is 5.97 Å². The Kier molecular flexibility index (Phi) is 3.84. The Morgan fingerprint density at radius 3 is 2.94 bits per heavy atom. The molecular formula is C12H11ClN2O2S. The number of carbonyl (C=O) groups is 1. The topological polar surface area (TPSA) is 65.2 Å². The van der Waals surface area contributed by atoms with Crippen molar-refractivity contribution in [3.63, 3.8) is 0 Å². The van der Waals surface area contributed by atoms with Gasteiger partial charge in [-0.3, -0.25) is 0 Å². The molecule has 6 heteroatoms. The number of benzene rings is 1. The summed E-state index contributed by atoms with van der Waals surface area (Å²) in [5.41, 5.74) is 7.11. The first kappa shape index (κ1) is 12.9. The summed E-state index contributed by atoms with van der Waals surface area (Å²) in [7, 11) is 0. The van der Waals surface area contributed by atoms with E-state index in [4.69, 9.17) is 22.1 Å². The minimum Gasteiger partial charge on any atom is -0.455 e. The number of aryl methyl sites for hydroxylation is 1. The Bertz CT molecular complexity index is 563. The number of aromatic nitrogens is 1. The van der Waals surface area contributed by atoms with E-state index in [0.717, 1.165) is 10.7 Å². The van der Waals surface area contributed by atoms with Gasteiger partial charge in [0, 0.05) is 16.8 Å². The molecule has 0 aliphatic rings. The highest BCUT2D eigenvalue weighted by Crippen LogP contribution is 2.23. The lowest BCUT2D eigenvalue weighted by Gasteiger charge is -2.07. The summed E-state index contributed by atoms with van der Waals surface area (Å²) in [5.74, 6) is -0.536. The third-order valence-corrected chi connectivity index (χ3v) is 3.50. The molecule has 0 aliphatic heterocycles. The first-order chi connectivity index (χ1) is 8.58. The second-order valence-corrected chi connectivity index (χ2v) is 5.01. The second-order valence-electron chi connectivity index (χ2n) is 3.66. The molecule has 94 valence electrons. The summed E-state index contributed by atoms with van der Waals surface area (Å²) >= 11 is 7.36. The van der Waals surface area contributed by atoms with Gasteiger partial charge in [0.25, 0.3) is 0 Å². The fourth-order valence-corrected chi connectivity index (χ4v) is 2.37. The first-order valence-electron chi connectivity index (χ1n) is 5.20. The number of halogens is 1. The number of hydrogen-bond acceptors (Lipinski definition) is 5. The predicted molar refractivity (Wildman–Crippen MR) is 71.8 cm³/mol. The van der Waals surface area contributed by atoms with Crippen LogP contribution in [0.3, 0.4) is 0 Å². The zero-order chi connectivity index (χ0) is 13.1. The lowest BCUT2D eigenvalue weighted by atomic mass is 10.2. The van der Waals surface area contributed by atoms with Gasteiger partial charge in [-0.2, -0.15) is 0 Å². The molecule has 0 spiro atoms. The van der Waals surface area contributed by atoms with E-state index in [0.29, 0.717) is 5.69 Å². The van der Waals surface area contributed by atoms with Crippen LogP contribution in [0.4, 0.5) is 5.69 Å². The highest BCUT2D eigenvalue weighted by molar-refractivity contribution is 7.09. The smallest absolute Gasteiger partial charge is 0.342 e. The fraction of sp³-hybridized carbons (Fsp3) is 0.167. The number of esters is 1. The maximum atomic E-state index is 11.9. The van der Waals surface area contributed by atoms with E-state index in [2.05, 4.69) is 4.98 Å². The van der Waals surface area contributed by atoms with Crippen molar-refractivity contribution in [1.82, 2.24) is 4.98 Å². The van der Waals surface area contributed by atoms with Crippen LogP contribution in [0.5, 0.6) is 0 Å². The van der Waals surface area contributed by atoms with Crippen LogP contribution in [-0.2, 0) is 11.3 Å². The van der Waals surface area contributed by atoms with E-state index in [1.165, 1.54) is 11.3 Å². The molecule has 4 nitrogen and oxygen atoms in total. The summed E-state index contributed by atoms with van der Waals surface area (Å²) in [6.07, 6.45) is 0. The summed E-state index contributed by atoms with van der Waals surface area (Å²) < 4.78 is 5.13. The molecular weight excluding hydrogens is 272 g/mol. The zero-order valence-corrected chi connectivity index (χ0v) is 11.2. The van der Waals surface area contributed by atoms with Gasteiger partial charge in [-0.25, -0.2) is 9.78 Å². The van der Waals surface area contributed by atoms with Crippen molar-refractivity contribution in [3.05, 3.63) is 44.9 Å². The number of rotatable bonds is 3. The van der Waals surface area contributed by atoms with Gasteiger partial charge in [0.2, 0.25) is 0 Å². The molecule has 2 aromatic rings. The van der Waals surface area contributed by atoms with Gasteiger partial charge in [-0.1, -0.05) is 17.7 Å². The summed E-state index contributed by atoms with van der Waals surface area (Å²) in [5, 5.41) is 2.93. The van der Waals surface area contributed by atoms with Crippen molar-refractivity contribution in [3.8, 4) is 0 Å². The Morgan fingerprint density at radius 1 is 1.56 bits per heavy atom. The predicted octanol–water partition coefficient (Wildman–Crippen LogP) is 3.04. The number of thiazole rings is 1. The van der Waals surface area contributed by atoms with Gasteiger partial charge >= 0.3 is 5.97 Å². The molecule has 0 atom stereocenters. The first-order valence-corrected chi connectivity index (χ1v) is 6.46. The number of nitrogens with zero attached hydrogens (tertiary/aromatic N) is 1. The van der Waals surface area contributed by atoms with Crippen molar-refractivity contribution in [1.29, 1.82) is 0 Å². The molecule has 0 saturated carbocycles. The van der Waals surface area contributed by atoms with Crippen LogP contribution in [0.2, 0.25) is 5.02 Å². The van der Waals surface area contributed by atoms with Crippen LogP contribution in [-0.4, -0.2) is 11.0 Å². The van der Waals surface area contributed by atoms with Gasteiger partial charge < -0.3 is 10.5 Å². The van der Waals surface area contributed by atoms with Crippen molar-refractivity contribution >= 4 is 34.6 Å². The largest absolute Gasteiger partial charge is 0.455 e. The van der Waals surface area contributed by atoms with Crippen LogP contribution in [0.15, 0.2) is 23.6 Å². The Labute approximate surface area is 113 Å². The molecule has 0 radical (unpaired) electrons. The summed E-state index contributed by atoms with van der Waals surface area (Å²) in [6.45, 7) is 2.01. The van der Waals surface area contributed by atoms with Crippen LogP contribution in [0.1, 0.15) is 21.1 Å². The highest BCUT2D eigenvalue weighted by atomic mass is 35.5. The molecule has 0 bridgehead atoms. The summed E-state index contributed by atoms with van der Waals surface area (Å²) in [4.78, 5) is 16.1. The molecule has 0 fully saturated rings. The Hall–Kier alpha value is -1.59. The van der Waals surface area contributed by atoms with Crippen molar-refractivity contribution in [2.75, 3.05) is 5.73 Å². The molecule has 0 aliphatic carbocycles. The van der Waals surface area contributed by atoms with E-state index in [1.807, 2.05) is 12.3 Å². The van der Waals surface area contributed by atoms with Crippen molar-refractivity contribution in [2.24, 2.45) is 0 Å². The SMILES string of the molecule is Cc1csc(COC(=O)c2c(N)cccc2Cl)n1. The van der Waals surface area contributed by atoms with Gasteiger partial charge in [-0.05, 0) is 19.1 Å². The van der Waals surface area contributed by atoms with Crippen LogP contribution < -0.4 is 5.73 Å². The van der Waals surface area contributed by atoms with E-state index in [9.17, 15) is 4.79 Å². The Morgan fingerprint density at radius 2 is 2.33 bits per heavy atom. The normalized spacial score (nSPS) is 10.3. The molecule has 1 heterocycles. The molecule has 2 rings (SSSR count). The summed E-state index contributed by atoms with van der Waals surface area (Å²) in [6, 6.07) is 4.89. The quantitative estimate of drug-likeness (QED) is 0.694. The average Bonchev–Trinajstić information content (AvgIpc) is 2.72. The number of anilines is 1. The number of carbonyl (C=O) groups excluding carboxylic acids is 1. The molecule has 0 amide bonds. The number of ether oxygens (including phenoxy) is 1. The number of hydrogen-bond donors (Lipinski definition) is 1. The third-order valence-electron chi connectivity index (χ3n) is 2.24. The molecule has 1 aromatic heterocycles. The lowest BCUT2D eigenvalue weighted by Crippen LogP contribution is -2.09. The zero-order valence-electron chi connectivity index (χ0n) is 9.64. The van der Waals surface area contributed by atoms with E-state index >= 15 is 0 Å². The molecule has 18 heavy (non-hydrogen) atoms. The standard InChI is InChI=1S/C12H11ClN2O2S/c1-7-6-18-10(15-7)5-17-12(16)11-8(13)3-2-4-9(11)14/h2-4,6H,5,14H2,1H3. The second kappa shape index (κ2) is 5.37. The van der Waals surface area contributed by atoms with Crippen molar-refractivity contribution < 1.29 is 9.53 Å². The molecule has 0 saturated heterocycles. The van der Waals surface area contributed by atoms with E-state index in [-0.39, 0.29) is 17.2 Å². The maximum Gasteiger partial charge on any atom is 0.342 e. The van der Waals surface area contributed by atoms with Crippen molar-refractivity contribution in [2.45, 2.75) is 13.5 Å². The molecule has 2 N–H and O–H groups in total. The highest BCUT2D eigenvalue weighted by Gasteiger charge is 2.15. The molecule has 0 unspecified atom stereocenters. The van der Waals surface area contributed by atoms with Gasteiger partial charge in [0.15, 0.2) is 0 Å². The monoisotopic (exact) mass is 282 g/mol. The van der Waals surface area contributed by atoms with Crippen LogP contribution in [0, 0.1) is 6.92 Å². The molecule has 1 aromatic carbocycles. The van der Waals surface area contributed by atoms with Crippen LogP contribution in [0.25, 0.3) is 0 Å². The van der Waals surface area contributed by atoms with Gasteiger partial charge in [0.1, 0.15) is 17.2 Å². The fourth-order valence-electron chi connectivity index (χ4n) is 1.42. The minimum atomic E-state index is -0.536. The lowest BCUT2D eigenvalue weighted by molar-refractivity contribution is 0.0474.